The number of nitrogens with zero attached hydrogens (tertiary/aromatic N) is 2. The quantitative estimate of drug-likeness (QED) is 0.675. The number of nitrogens with one attached hydrogen (secondary N) is 1. The Labute approximate surface area is 150 Å². The first-order valence-electron chi connectivity index (χ1n) is 6.72. The van der Waals surface area contributed by atoms with E-state index in [-0.39, 0.29) is 11.6 Å². The van der Waals surface area contributed by atoms with E-state index in [0.29, 0.717) is 10.2 Å². The van der Waals surface area contributed by atoms with E-state index in [2.05, 4.69) is 43.3 Å². The molecule has 0 spiro atoms. The molecule has 3 rings (SSSR count). The van der Waals surface area contributed by atoms with E-state index in [1.165, 1.54) is 29.2 Å². The molecule has 23 heavy (non-hydrogen) atoms. The lowest BCUT2D eigenvalue weighted by Crippen LogP contribution is -2.13. The second kappa shape index (κ2) is 7.21. The average Bonchev–Trinajstić information content (AvgIpc) is 2.96. The summed E-state index contributed by atoms with van der Waals surface area (Å²) in [5, 5.41) is 3.76. The summed E-state index contributed by atoms with van der Waals surface area (Å²) in [6.07, 6.45) is 4.04. The van der Waals surface area contributed by atoms with Crippen LogP contribution in [0, 0.1) is 0 Å². The van der Waals surface area contributed by atoms with Crippen LogP contribution in [0.15, 0.2) is 53.3 Å². The van der Waals surface area contributed by atoms with Crippen molar-refractivity contribution < 1.29 is 4.79 Å². The number of carbonyl (C=O) groups is 1. The summed E-state index contributed by atoms with van der Waals surface area (Å²) in [6, 6.07) is 11.3. The monoisotopic (exact) mass is 407 g/mol. The molecule has 0 aliphatic heterocycles. The molecule has 0 aliphatic rings. The highest BCUT2D eigenvalue weighted by atomic mass is 79.9. The molecule has 116 valence electrons. The molecule has 0 atom stereocenters. The van der Waals surface area contributed by atoms with E-state index >= 15 is 0 Å². The lowest BCUT2D eigenvalue weighted by molar-refractivity contribution is 0.102. The first-order chi connectivity index (χ1) is 11.1. The number of benzene rings is 1. The fourth-order valence-electron chi connectivity index (χ4n) is 1.94. The van der Waals surface area contributed by atoms with Crippen molar-refractivity contribution in [1.29, 1.82) is 0 Å². The van der Waals surface area contributed by atoms with Crippen molar-refractivity contribution in [1.82, 2.24) is 9.97 Å². The summed E-state index contributed by atoms with van der Waals surface area (Å²) in [4.78, 5) is 21.4. The third-order valence-electron chi connectivity index (χ3n) is 3.02. The number of aromatic nitrogens is 2. The van der Waals surface area contributed by atoms with Gasteiger partial charge in [0.1, 0.15) is 5.69 Å². The summed E-state index contributed by atoms with van der Waals surface area (Å²) in [6.45, 7) is 0. The Morgan fingerprint density at radius 2 is 2.00 bits per heavy atom. The molecule has 3 aromatic rings. The smallest absolute Gasteiger partial charge is 0.276 e. The Morgan fingerprint density at radius 1 is 1.22 bits per heavy atom. The van der Waals surface area contributed by atoms with Gasteiger partial charge in [-0.1, -0.05) is 39.7 Å². The zero-order valence-electron chi connectivity index (χ0n) is 11.8. The molecule has 7 heteroatoms. The highest BCUT2D eigenvalue weighted by Crippen LogP contribution is 2.22. The van der Waals surface area contributed by atoms with Gasteiger partial charge in [-0.15, -0.1) is 11.3 Å². The number of pyridine rings is 1. The van der Waals surface area contributed by atoms with Crippen molar-refractivity contribution in [2.75, 3.05) is 5.32 Å². The summed E-state index contributed by atoms with van der Waals surface area (Å²) in [5.74, 6) is -0.322. The molecule has 1 aromatic carbocycles. The summed E-state index contributed by atoms with van der Waals surface area (Å²) < 4.78 is 1.05. The Morgan fingerprint density at radius 3 is 2.74 bits per heavy atom. The van der Waals surface area contributed by atoms with E-state index in [4.69, 9.17) is 11.6 Å². The highest BCUT2D eigenvalue weighted by Gasteiger charge is 2.11. The van der Waals surface area contributed by atoms with Gasteiger partial charge in [-0.2, -0.15) is 0 Å². The van der Waals surface area contributed by atoms with Crippen molar-refractivity contribution in [2.45, 2.75) is 6.42 Å². The van der Waals surface area contributed by atoms with E-state index in [1.807, 2.05) is 12.1 Å². The van der Waals surface area contributed by atoms with Crippen LogP contribution < -0.4 is 5.32 Å². The fourth-order valence-corrected chi connectivity index (χ4v) is 3.21. The Balaban J connectivity index is 1.67. The number of halogens is 2. The zero-order valence-corrected chi connectivity index (χ0v) is 15.0. The van der Waals surface area contributed by atoms with Crippen LogP contribution in [0.25, 0.3) is 0 Å². The van der Waals surface area contributed by atoms with Crippen LogP contribution >= 0.6 is 38.9 Å². The minimum atomic E-state index is -0.322. The number of amides is 1. The molecule has 2 aromatic heterocycles. The average molecular weight is 409 g/mol. The summed E-state index contributed by atoms with van der Waals surface area (Å²) in [5.41, 5.74) is 1.45. The van der Waals surface area contributed by atoms with Gasteiger partial charge in [0.2, 0.25) is 0 Å². The second-order valence-corrected chi connectivity index (χ2v) is 7.22. The standard InChI is InChI=1S/C16H11BrClN3OS/c17-11-3-1-10(2-4-11)7-13-9-20-16(23-13)21-15(22)14-8-12(18)5-6-19-14/h1-6,8-9H,7H2,(H,20,21,22). The van der Waals surface area contributed by atoms with Gasteiger partial charge < -0.3 is 0 Å². The van der Waals surface area contributed by atoms with Gasteiger partial charge in [0, 0.05) is 33.2 Å². The van der Waals surface area contributed by atoms with Crippen molar-refractivity contribution in [3.8, 4) is 0 Å². The summed E-state index contributed by atoms with van der Waals surface area (Å²) in [7, 11) is 0. The van der Waals surface area contributed by atoms with Gasteiger partial charge in [-0.05, 0) is 29.8 Å². The zero-order chi connectivity index (χ0) is 16.2. The van der Waals surface area contributed by atoms with Crippen LogP contribution in [-0.2, 0) is 6.42 Å². The molecule has 0 fully saturated rings. The molecule has 0 unspecified atom stereocenters. The summed E-state index contributed by atoms with van der Waals surface area (Å²) >= 11 is 10.7. The van der Waals surface area contributed by atoms with Crippen molar-refractivity contribution in [2.24, 2.45) is 0 Å². The van der Waals surface area contributed by atoms with Crippen molar-refractivity contribution in [3.05, 3.63) is 74.4 Å². The molecule has 1 N–H and O–H groups in total. The number of anilines is 1. The highest BCUT2D eigenvalue weighted by molar-refractivity contribution is 9.10. The SMILES string of the molecule is O=C(Nc1ncc(Cc2ccc(Br)cc2)s1)c1cc(Cl)ccn1. The number of carbonyl (C=O) groups excluding carboxylic acids is 1. The Bertz CT molecular complexity index is 835. The van der Waals surface area contributed by atoms with Crippen LogP contribution in [-0.4, -0.2) is 15.9 Å². The van der Waals surface area contributed by atoms with Gasteiger partial charge in [-0.25, -0.2) is 4.98 Å². The molecule has 0 radical (unpaired) electrons. The van der Waals surface area contributed by atoms with Gasteiger partial charge in [-0.3, -0.25) is 15.1 Å². The maximum atomic E-state index is 12.1. The van der Waals surface area contributed by atoms with E-state index < -0.39 is 0 Å². The Hall–Kier alpha value is -1.76. The van der Waals surface area contributed by atoms with Crippen LogP contribution in [0.4, 0.5) is 5.13 Å². The minimum absolute atomic E-state index is 0.266. The minimum Gasteiger partial charge on any atom is -0.296 e. The predicted molar refractivity (Wildman–Crippen MR) is 96.3 cm³/mol. The normalized spacial score (nSPS) is 10.5. The van der Waals surface area contributed by atoms with E-state index in [9.17, 15) is 4.79 Å². The third-order valence-corrected chi connectivity index (χ3v) is 4.70. The molecule has 0 saturated carbocycles. The maximum Gasteiger partial charge on any atom is 0.276 e. The first kappa shape index (κ1) is 16.1. The van der Waals surface area contributed by atoms with Crippen LogP contribution in [0.2, 0.25) is 5.02 Å². The number of hydrogen-bond donors (Lipinski definition) is 1. The van der Waals surface area contributed by atoms with E-state index in [1.54, 1.807) is 12.3 Å². The molecule has 2 heterocycles. The molecular formula is C16H11BrClN3OS. The number of rotatable bonds is 4. The molecule has 0 aliphatic carbocycles. The molecule has 0 saturated heterocycles. The van der Waals surface area contributed by atoms with E-state index in [0.717, 1.165) is 15.8 Å². The van der Waals surface area contributed by atoms with Crippen LogP contribution in [0.5, 0.6) is 0 Å². The maximum absolute atomic E-state index is 12.1. The van der Waals surface area contributed by atoms with Gasteiger partial charge >= 0.3 is 0 Å². The van der Waals surface area contributed by atoms with Crippen molar-refractivity contribution in [3.63, 3.8) is 0 Å². The number of thiazole rings is 1. The lowest BCUT2D eigenvalue weighted by atomic mass is 10.1. The molecular weight excluding hydrogens is 398 g/mol. The first-order valence-corrected chi connectivity index (χ1v) is 8.71. The third kappa shape index (κ3) is 4.37. The van der Waals surface area contributed by atoms with Gasteiger partial charge in [0.05, 0.1) is 0 Å². The topological polar surface area (TPSA) is 54.9 Å². The van der Waals surface area contributed by atoms with Crippen molar-refractivity contribution >= 4 is 49.9 Å². The van der Waals surface area contributed by atoms with Gasteiger partial charge in [0.25, 0.3) is 5.91 Å². The fraction of sp³-hybridized carbons (Fsp3) is 0.0625. The Kier molecular flexibility index (Phi) is 5.05. The molecule has 1 amide bonds. The second-order valence-electron chi connectivity index (χ2n) is 4.75. The predicted octanol–water partition coefficient (Wildman–Crippen LogP) is 4.80. The molecule has 4 nitrogen and oxygen atoms in total. The lowest BCUT2D eigenvalue weighted by Gasteiger charge is -2.01. The van der Waals surface area contributed by atoms with Crippen LogP contribution in [0.3, 0.4) is 0 Å². The van der Waals surface area contributed by atoms with Gasteiger partial charge in [0.15, 0.2) is 5.13 Å². The number of hydrogen-bond acceptors (Lipinski definition) is 4. The molecule has 0 bridgehead atoms. The van der Waals surface area contributed by atoms with Crippen LogP contribution in [0.1, 0.15) is 20.9 Å². The largest absolute Gasteiger partial charge is 0.296 e.